The Kier molecular flexibility index (Phi) is 9.86. The Balaban J connectivity index is 0. The van der Waals surface area contributed by atoms with Crippen molar-refractivity contribution in [1.82, 2.24) is 0 Å². The van der Waals surface area contributed by atoms with Crippen molar-refractivity contribution in [3.05, 3.63) is 11.5 Å². The van der Waals surface area contributed by atoms with Crippen LogP contribution in [0.4, 0.5) is 0 Å². The Bertz CT molecular complexity index is 45.5. The molecule has 0 heterocycles. The fraction of sp³-hybridized carbons (Fsp3) is 0.500. The van der Waals surface area contributed by atoms with Crippen LogP contribution in [0.15, 0.2) is 5.57 Å². The van der Waals surface area contributed by atoms with Crippen LogP contribution in [0.1, 0.15) is 13.8 Å². The Labute approximate surface area is 65.7 Å². The maximum absolute atomic E-state index is 4.88. The van der Waals surface area contributed by atoms with E-state index in [1.165, 1.54) is 0 Å². The van der Waals surface area contributed by atoms with Crippen molar-refractivity contribution in [2.24, 2.45) is 0 Å². The Morgan fingerprint density at radius 1 is 1.50 bits per heavy atom. The molecule has 0 aromatic rings. The van der Waals surface area contributed by atoms with Gasteiger partial charge in [-0.25, -0.2) is 0 Å². The van der Waals surface area contributed by atoms with E-state index in [2.05, 4.69) is 5.98 Å². The van der Waals surface area contributed by atoms with Crippen LogP contribution in [0, 0.1) is 5.98 Å². The number of rotatable bonds is 0. The summed E-state index contributed by atoms with van der Waals surface area (Å²) in [5, 5.41) is 0. The Hall–Kier alpha value is 0.909. The topological polar surface area (TPSA) is 0 Å². The van der Waals surface area contributed by atoms with Crippen molar-refractivity contribution < 1.29 is 32.7 Å². The third kappa shape index (κ3) is 8.86. The Morgan fingerprint density at radius 2 is 1.67 bits per heavy atom. The van der Waals surface area contributed by atoms with Gasteiger partial charge in [0.05, 0.1) is 0 Å². The largest absolute Gasteiger partial charge is 0.542 e. The summed E-state index contributed by atoms with van der Waals surface area (Å²) < 4.78 is 0. The quantitative estimate of drug-likeness (QED) is 0.358. The standard InChI is InChI=1S/C4H6B.Y/c1-4(2)3-5;/h1-2H3;/q-1;. The summed E-state index contributed by atoms with van der Waals surface area (Å²) in [6, 6.07) is 0. The van der Waals surface area contributed by atoms with Gasteiger partial charge < -0.3 is 5.98 Å². The van der Waals surface area contributed by atoms with Crippen LogP contribution in [0.2, 0.25) is 0 Å². The molecule has 0 nitrogen and oxygen atoms in total. The average Bonchev–Trinajstić information content (AvgIpc) is 1.38. The molecule has 29 valence electrons. The summed E-state index contributed by atoms with van der Waals surface area (Å²) in [6.07, 6.45) is 0. The molecule has 0 aromatic carbocycles. The summed E-state index contributed by atoms with van der Waals surface area (Å²) in [5.74, 6) is 2.44. The fourth-order valence-corrected chi connectivity index (χ4v) is 0. The van der Waals surface area contributed by atoms with E-state index in [1.54, 1.807) is 0 Å². The maximum Gasteiger partial charge on any atom is 0 e. The van der Waals surface area contributed by atoms with Crippen molar-refractivity contribution in [2.75, 3.05) is 0 Å². The minimum absolute atomic E-state index is 0. The van der Waals surface area contributed by atoms with Gasteiger partial charge in [-0.1, -0.05) is 13.8 Å². The second-order valence-electron chi connectivity index (χ2n) is 1.14. The van der Waals surface area contributed by atoms with E-state index in [-0.39, 0.29) is 32.7 Å². The summed E-state index contributed by atoms with van der Waals surface area (Å²) in [5.41, 5.74) is 1.03. The van der Waals surface area contributed by atoms with Crippen LogP contribution in [0.25, 0.3) is 0 Å². The monoisotopic (exact) mass is 154 g/mol. The van der Waals surface area contributed by atoms with Crippen molar-refractivity contribution >= 4 is 7.85 Å². The first kappa shape index (κ1) is 10.0. The SMILES string of the molecule is [B][C-]=C(C)C.[Y]. The van der Waals surface area contributed by atoms with Crippen molar-refractivity contribution in [3.63, 3.8) is 0 Å². The minimum atomic E-state index is 0. The predicted molar refractivity (Wildman–Crippen MR) is 23.9 cm³/mol. The van der Waals surface area contributed by atoms with Crippen LogP contribution in [-0.4, -0.2) is 7.85 Å². The predicted octanol–water partition coefficient (Wildman–Crippen LogP) is 0.879. The molecule has 0 aliphatic heterocycles. The molecule has 0 aliphatic carbocycles. The molecule has 3 radical (unpaired) electrons. The van der Waals surface area contributed by atoms with Crippen molar-refractivity contribution in [1.29, 1.82) is 0 Å². The molecular weight excluding hydrogens is 148 g/mol. The van der Waals surface area contributed by atoms with Gasteiger partial charge in [0.2, 0.25) is 0 Å². The summed E-state index contributed by atoms with van der Waals surface area (Å²) >= 11 is 0. The zero-order valence-electron chi connectivity index (χ0n) is 4.15. The first-order valence-corrected chi connectivity index (χ1v) is 1.54. The van der Waals surface area contributed by atoms with E-state index in [4.69, 9.17) is 7.85 Å². The molecule has 0 saturated carbocycles. The zero-order valence-corrected chi connectivity index (χ0v) is 6.99. The van der Waals surface area contributed by atoms with Gasteiger partial charge in [0, 0.05) is 32.7 Å². The minimum Gasteiger partial charge on any atom is -0.542 e. The molecular formula is C4H6BY-. The normalized spacial score (nSPS) is 5.67. The van der Waals surface area contributed by atoms with Crippen LogP contribution < -0.4 is 0 Å². The van der Waals surface area contributed by atoms with Gasteiger partial charge in [-0.3, -0.25) is 5.57 Å². The van der Waals surface area contributed by atoms with E-state index >= 15 is 0 Å². The van der Waals surface area contributed by atoms with Gasteiger partial charge in [0.1, 0.15) is 0 Å². The molecule has 0 aromatic heterocycles. The number of hydrogen-bond donors (Lipinski definition) is 0. The molecule has 0 unspecified atom stereocenters. The van der Waals surface area contributed by atoms with E-state index in [0.29, 0.717) is 0 Å². The zero-order chi connectivity index (χ0) is 4.28. The molecule has 0 atom stereocenters. The van der Waals surface area contributed by atoms with Crippen LogP contribution in [-0.2, 0) is 32.7 Å². The number of allylic oxidation sites excluding steroid dienone is 1. The van der Waals surface area contributed by atoms with E-state index in [9.17, 15) is 0 Å². The van der Waals surface area contributed by atoms with Gasteiger partial charge in [-0.05, 0) is 0 Å². The molecule has 0 amide bonds. The molecule has 0 spiro atoms. The van der Waals surface area contributed by atoms with Crippen molar-refractivity contribution in [3.8, 4) is 0 Å². The second kappa shape index (κ2) is 5.91. The second-order valence-corrected chi connectivity index (χ2v) is 1.14. The molecule has 0 fully saturated rings. The molecule has 0 saturated heterocycles. The molecule has 6 heavy (non-hydrogen) atoms. The smallest absolute Gasteiger partial charge is 0 e. The van der Waals surface area contributed by atoms with E-state index in [0.717, 1.165) is 5.57 Å². The summed E-state index contributed by atoms with van der Waals surface area (Å²) in [6.45, 7) is 3.81. The molecule has 0 N–H and O–H groups in total. The van der Waals surface area contributed by atoms with Gasteiger partial charge in [-0.2, -0.15) is 7.85 Å². The van der Waals surface area contributed by atoms with Gasteiger partial charge in [-0.15, -0.1) is 0 Å². The molecule has 0 aliphatic rings. The van der Waals surface area contributed by atoms with Crippen LogP contribution in [0.3, 0.4) is 0 Å². The molecule has 2 heteroatoms. The Morgan fingerprint density at radius 3 is 1.67 bits per heavy atom. The van der Waals surface area contributed by atoms with Gasteiger partial charge >= 0.3 is 0 Å². The number of hydrogen-bond acceptors (Lipinski definition) is 0. The first-order valence-electron chi connectivity index (χ1n) is 1.54. The molecule has 0 bridgehead atoms. The van der Waals surface area contributed by atoms with Gasteiger partial charge in [0.25, 0.3) is 0 Å². The maximum atomic E-state index is 4.88. The van der Waals surface area contributed by atoms with Crippen LogP contribution in [0.5, 0.6) is 0 Å². The fourth-order valence-electron chi connectivity index (χ4n) is 0. The third-order valence-corrected chi connectivity index (χ3v) is 0.289. The molecule has 0 rings (SSSR count). The third-order valence-electron chi connectivity index (χ3n) is 0.289. The van der Waals surface area contributed by atoms with Crippen molar-refractivity contribution in [2.45, 2.75) is 13.8 Å². The average molecular weight is 154 g/mol. The van der Waals surface area contributed by atoms with Crippen LogP contribution >= 0.6 is 0 Å². The van der Waals surface area contributed by atoms with Gasteiger partial charge in [0.15, 0.2) is 0 Å². The van der Waals surface area contributed by atoms with E-state index in [1.807, 2.05) is 13.8 Å². The van der Waals surface area contributed by atoms with E-state index < -0.39 is 0 Å². The summed E-state index contributed by atoms with van der Waals surface area (Å²) in [7, 11) is 4.88. The first-order chi connectivity index (χ1) is 2.27. The summed E-state index contributed by atoms with van der Waals surface area (Å²) in [4.78, 5) is 0.